The van der Waals surface area contributed by atoms with Crippen molar-refractivity contribution in [3.05, 3.63) is 42.2 Å². The Bertz CT molecular complexity index is 519. The molecule has 1 aromatic carbocycles. The molecule has 0 aliphatic rings. The van der Waals surface area contributed by atoms with Crippen LogP contribution in [0.3, 0.4) is 0 Å². The Morgan fingerprint density at radius 2 is 2.12 bits per heavy atom. The van der Waals surface area contributed by atoms with Crippen LogP contribution in [0, 0.1) is 5.92 Å². The molecule has 0 amide bonds. The Morgan fingerprint density at radius 1 is 1.35 bits per heavy atom. The summed E-state index contributed by atoms with van der Waals surface area (Å²) in [5.74, 6) is 0.0614. The van der Waals surface area contributed by atoms with Gasteiger partial charge in [0.1, 0.15) is 5.60 Å². The number of benzene rings is 1. The number of hydrogen-bond acceptors (Lipinski definition) is 3. The van der Waals surface area contributed by atoms with Gasteiger partial charge >= 0.3 is 0 Å². The first-order valence-electron chi connectivity index (χ1n) is 5.85. The van der Waals surface area contributed by atoms with Crippen LogP contribution in [0.2, 0.25) is 0 Å². The quantitative estimate of drug-likeness (QED) is 0.848. The second kappa shape index (κ2) is 4.43. The lowest BCUT2D eigenvalue weighted by molar-refractivity contribution is 0.000278. The smallest absolute Gasteiger partial charge is 0.105 e. The monoisotopic (exact) mass is 230 g/mol. The molecule has 0 spiro atoms. The molecule has 90 valence electrons. The second-order valence-electron chi connectivity index (χ2n) is 4.69. The van der Waals surface area contributed by atoms with Crippen LogP contribution in [0.1, 0.15) is 19.4 Å². The minimum Gasteiger partial charge on any atom is -0.384 e. The van der Waals surface area contributed by atoms with Gasteiger partial charge in [0, 0.05) is 24.3 Å². The lowest BCUT2D eigenvalue weighted by Gasteiger charge is -2.32. The molecule has 2 aromatic rings. The Balaban J connectivity index is 2.70. The number of rotatable bonds is 3. The third-order valence-corrected chi connectivity index (χ3v) is 3.41. The molecule has 1 unspecified atom stereocenters. The van der Waals surface area contributed by atoms with E-state index in [-0.39, 0.29) is 12.5 Å². The maximum Gasteiger partial charge on any atom is 0.105 e. The highest BCUT2D eigenvalue weighted by Crippen LogP contribution is 2.33. The van der Waals surface area contributed by atoms with Crippen LogP contribution >= 0.6 is 0 Å². The van der Waals surface area contributed by atoms with Crippen molar-refractivity contribution in [1.82, 2.24) is 4.98 Å². The Morgan fingerprint density at radius 3 is 2.76 bits per heavy atom. The maximum atomic E-state index is 10.7. The lowest BCUT2D eigenvalue weighted by Crippen LogP contribution is -2.40. The summed E-state index contributed by atoms with van der Waals surface area (Å²) >= 11 is 0. The van der Waals surface area contributed by atoms with Crippen molar-refractivity contribution in [2.24, 2.45) is 11.7 Å². The molecular weight excluding hydrogens is 212 g/mol. The number of nitrogens with zero attached hydrogens (tertiary/aromatic N) is 1. The Labute approximate surface area is 101 Å². The average Bonchev–Trinajstić information content (AvgIpc) is 2.37. The van der Waals surface area contributed by atoms with Crippen LogP contribution in [0.4, 0.5) is 0 Å². The maximum absolute atomic E-state index is 10.7. The molecular formula is C14H18N2O. The fourth-order valence-corrected chi connectivity index (χ4v) is 2.16. The van der Waals surface area contributed by atoms with Gasteiger partial charge in [-0.15, -0.1) is 0 Å². The van der Waals surface area contributed by atoms with Crippen molar-refractivity contribution in [3.63, 3.8) is 0 Å². The lowest BCUT2D eigenvalue weighted by atomic mass is 9.81. The van der Waals surface area contributed by atoms with E-state index in [1.165, 1.54) is 0 Å². The van der Waals surface area contributed by atoms with E-state index in [0.29, 0.717) is 0 Å². The zero-order chi connectivity index (χ0) is 12.5. The average molecular weight is 230 g/mol. The van der Waals surface area contributed by atoms with Crippen molar-refractivity contribution in [2.75, 3.05) is 6.54 Å². The van der Waals surface area contributed by atoms with Gasteiger partial charge in [0.2, 0.25) is 0 Å². The molecule has 3 heteroatoms. The first-order chi connectivity index (χ1) is 8.09. The molecule has 0 aliphatic carbocycles. The minimum atomic E-state index is -0.985. The van der Waals surface area contributed by atoms with Gasteiger partial charge in [-0.3, -0.25) is 4.98 Å². The summed E-state index contributed by atoms with van der Waals surface area (Å²) in [4.78, 5) is 4.09. The molecule has 2 rings (SSSR count). The molecule has 0 bridgehead atoms. The minimum absolute atomic E-state index is 0.0614. The SMILES string of the molecule is CC(C)C(O)(CN)c1cccc2cnccc12. The standard InChI is InChI=1S/C14H18N2O/c1-10(2)14(17,9-15)13-5-3-4-11-8-16-7-6-12(11)13/h3-8,10,17H,9,15H2,1-2H3. The third kappa shape index (κ3) is 1.92. The zero-order valence-electron chi connectivity index (χ0n) is 10.2. The summed E-state index contributed by atoms with van der Waals surface area (Å²) < 4.78 is 0. The van der Waals surface area contributed by atoms with Gasteiger partial charge < -0.3 is 10.8 Å². The molecule has 0 fully saturated rings. The first kappa shape index (κ1) is 12.0. The van der Waals surface area contributed by atoms with Crippen LogP contribution in [0.15, 0.2) is 36.7 Å². The summed E-state index contributed by atoms with van der Waals surface area (Å²) in [6, 6.07) is 7.79. The van der Waals surface area contributed by atoms with Gasteiger partial charge in [-0.2, -0.15) is 0 Å². The molecule has 0 aliphatic heterocycles. The van der Waals surface area contributed by atoms with Gasteiger partial charge in [0.25, 0.3) is 0 Å². The number of fused-ring (bicyclic) bond motifs is 1. The molecule has 0 saturated carbocycles. The Kier molecular flexibility index (Phi) is 3.13. The fraction of sp³-hybridized carbons (Fsp3) is 0.357. The van der Waals surface area contributed by atoms with E-state index in [9.17, 15) is 5.11 Å². The molecule has 3 nitrogen and oxygen atoms in total. The molecule has 1 aromatic heterocycles. The summed E-state index contributed by atoms with van der Waals surface area (Å²) in [6.07, 6.45) is 3.54. The Hall–Kier alpha value is -1.45. The predicted molar refractivity (Wildman–Crippen MR) is 69.5 cm³/mol. The van der Waals surface area contributed by atoms with Gasteiger partial charge in [0.05, 0.1) is 0 Å². The molecule has 0 radical (unpaired) electrons. The van der Waals surface area contributed by atoms with E-state index in [1.54, 1.807) is 12.4 Å². The van der Waals surface area contributed by atoms with Gasteiger partial charge in [0.15, 0.2) is 0 Å². The second-order valence-corrected chi connectivity index (χ2v) is 4.69. The van der Waals surface area contributed by atoms with Crippen molar-refractivity contribution in [1.29, 1.82) is 0 Å². The van der Waals surface area contributed by atoms with E-state index in [2.05, 4.69) is 4.98 Å². The molecule has 17 heavy (non-hydrogen) atoms. The van der Waals surface area contributed by atoms with E-state index < -0.39 is 5.60 Å². The largest absolute Gasteiger partial charge is 0.384 e. The fourth-order valence-electron chi connectivity index (χ4n) is 2.16. The van der Waals surface area contributed by atoms with Gasteiger partial charge in [-0.05, 0) is 22.9 Å². The number of pyridine rings is 1. The number of nitrogens with two attached hydrogens (primary N) is 1. The summed E-state index contributed by atoms with van der Waals surface area (Å²) in [7, 11) is 0. The van der Waals surface area contributed by atoms with Crippen LogP contribution in [0.5, 0.6) is 0 Å². The van der Waals surface area contributed by atoms with Crippen molar-refractivity contribution < 1.29 is 5.11 Å². The van der Waals surface area contributed by atoms with E-state index >= 15 is 0 Å². The first-order valence-corrected chi connectivity index (χ1v) is 5.85. The highest BCUT2D eigenvalue weighted by molar-refractivity contribution is 5.85. The topological polar surface area (TPSA) is 59.1 Å². The van der Waals surface area contributed by atoms with Crippen LogP contribution in [0.25, 0.3) is 10.8 Å². The zero-order valence-corrected chi connectivity index (χ0v) is 10.2. The normalized spacial score (nSPS) is 15.1. The van der Waals surface area contributed by atoms with Crippen molar-refractivity contribution in [2.45, 2.75) is 19.4 Å². The summed E-state index contributed by atoms with van der Waals surface area (Å²) in [6.45, 7) is 4.17. The third-order valence-electron chi connectivity index (χ3n) is 3.41. The molecule has 0 saturated heterocycles. The van der Waals surface area contributed by atoms with Gasteiger partial charge in [-0.1, -0.05) is 32.0 Å². The molecule has 1 atom stereocenters. The highest BCUT2D eigenvalue weighted by Gasteiger charge is 2.32. The number of hydrogen-bond donors (Lipinski definition) is 2. The van der Waals surface area contributed by atoms with Crippen LogP contribution in [-0.2, 0) is 5.60 Å². The molecule has 1 heterocycles. The van der Waals surface area contributed by atoms with Crippen LogP contribution in [-0.4, -0.2) is 16.6 Å². The molecule has 3 N–H and O–H groups in total. The van der Waals surface area contributed by atoms with E-state index in [0.717, 1.165) is 16.3 Å². The van der Waals surface area contributed by atoms with Gasteiger partial charge in [-0.25, -0.2) is 0 Å². The summed E-state index contributed by atoms with van der Waals surface area (Å²) in [5, 5.41) is 12.8. The van der Waals surface area contributed by atoms with E-state index in [4.69, 9.17) is 5.73 Å². The predicted octanol–water partition coefficient (Wildman–Crippen LogP) is 2.04. The highest BCUT2D eigenvalue weighted by atomic mass is 16.3. The van der Waals surface area contributed by atoms with Crippen molar-refractivity contribution >= 4 is 10.8 Å². The number of aromatic nitrogens is 1. The number of aliphatic hydroxyl groups is 1. The van der Waals surface area contributed by atoms with Crippen LogP contribution < -0.4 is 5.73 Å². The van der Waals surface area contributed by atoms with Crippen molar-refractivity contribution in [3.8, 4) is 0 Å². The van der Waals surface area contributed by atoms with E-state index in [1.807, 2.05) is 38.1 Å². The summed E-state index contributed by atoms with van der Waals surface area (Å²) in [5.41, 5.74) is 5.66.